The Labute approximate surface area is 138 Å². The van der Waals surface area contributed by atoms with E-state index in [4.69, 9.17) is 4.74 Å². The van der Waals surface area contributed by atoms with Crippen LogP contribution in [0.3, 0.4) is 0 Å². The van der Waals surface area contributed by atoms with Gasteiger partial charge in [-0.05, 0) is 69.1 Å². The van der Waals surface area contributed by atoms with Gasteiger partial charge in [0.15, 0.2) is 0 Å². The number of ether oxygens (including phenoxy) is 1. The first-order valence-electron chi connectivity index (χ1n) is 8.59. The second kappa shape index (κ2) is 6.16. The third-order valence-corrected chi connectivity index (χ3v) is 4.76. The number of hydrogen-bond acceptors (Lipinski definition) is 3. The summed E-state index contributed by atoms with van der Waals surface area (Å²) >= 11 is 0. The number of amides is 1. The van der Waals surface area contributed by atoms with E-state index in [1.54, 1.807) is 0 Å². The van der Waals surface area contributed by atoms with Crippen LogP contribution >= 0.6 is 0 Å². The molecule has 23 heavy (non-hydrogen) atoms. The molecule has 1 fully saturated rings. The molecule has 0 aromatic heterocycles. The highest BCUT2D eigenvalue weighted by Crippen LogP contribution is 2.32. The lowest BCUT2D eigenvalue weighted by Gasteiger charge is -2.33. The summed E-state index contributed by atoms with van der Waals surface area (Å²) in [5, 5.41) is 9.78. The molecule has 1 atom stereocenters. The standard InChI is InChI=1S/C19H27NO3/c1-19(2,3)23-18(22)20-8-6-13(7-9-20)14-4-5-15-11-17(21)12-16(15)10-14/h4-5,10,13,17,21H,6-9,11-12H2,1-3H3. The minimum absolute atomic E-state index is 0.201. The predicted molar refractivity (Wildman–Crippen MR) is 89.6 cm³/mol. The van der Waals surface area contributed by atoms with Crippen molar-refractivity contribution in [1.82, 2.24) is 4.90 Å². The number of carbonyl (C=O) groups excluding carboxylic acids is 1. The van der Waals surface area contributed by atoms with Crippen LogP contribution in [0.2, 0.25) is 0 Å². The topological polar surface area (TPSA) is 49.8 Å². The number of benzene rings is 1. The highest BCUT2D eigenvalue weighted by molar-refractivity contribution is 5.68. The molecule has 0 bridgehead atoms. The van der Waals surface area contributed by atoms with Crippen LogP contribution in [0.1, 0.15) is 56.2 Å². The van der Waals surface area contributed by atoms with Gasteiger partial charge < -0.3 is 14.7 Å². The SMILES string of the molecule is CC(C)(C)OC(=O)N1CCC(c2ccc3c(c2)CC(O)C3)CC1. The Bertz CT molecular complexity index is 583. The molecule has 1 aromatic rings. The van der Waals surface area contributed by atoms with Crippen molar-refractivity contribution in [2.75, 3.05) is 13.1 Å². The monoisotopic (exact) mass is 317 g/mol. The number of likely N-dealkylation sites (tertiary alicyclic amines) is 1. The second-order valence-electron chi connectivity index (χ2n) is 7.83. The van der Waals surface area contributed by atoms with Gasteiger partial charge in [-0.1, -0.05) is 18.2 Å². The Kier molecular flexibility index (Phi) is 4.37. The van der Waals surface area contributed by atoms with Gasteiger partial charge in [0.05, 0.1) is 6.10 Å². The van der Waals surface area contributed by atoms with E-state index in [1.165, 1.54) is 16.7 Å². The molecule has 1 aliphatic carbocycles. The molecule has 1 N–H and O–H groups in total. The van der Waals surface area contributed by atoms with Crippen LogP contribution in [0.5, 0.6) is 0 Å². The average Bonchev–Trinajstić information content (AvgIpc) is 2.84. The molecule has 1 amide bonds. The van der Waals surface area contributed by atoms with Gasteiger partial charge in [0.1, 0.15) is 5.60 Å². The molecule has 1 saturated heterocycles. The molecule has 1 aliphatic heterocycles. The first-order chi connectivity index (χ1) is 10.8. The fourth-order valence-electron chi connectivity index (χ4n) is 3.59. The molecule has 4 heteroatoms. The number of aliphatic hydroxyl groups excluding tert-OH is 1. The summed E-state index contributed by atoms with van der Waals surface area (Å²) in [7, 11) is 0. The normalized spacial score (nSPS) is 22.1. The maximum absolute atomic E-state index is 12.1. The molecule has 0 spiro atoms. The number of fused-ring (bicyclic) bond motifs is 1. The molecular weight excluding hydrogens is 290 g/mol. The smallest absolute Gasteiger partial charge is 0.410 e. The molecule has 4 nitrogen and oxygen atoms in total. The fourth-order valence-corrected chi connectivity index (χ4v) is 3.59. The third-order valence-electron chi connectivity index (χ3n) is 4.76. The van der Waals surface area contributed by atoms with Crippen LogP contribution < -0.4 is 0 Å². The summed E-state index contributed by atoms with van der Waals surface area (Å²) in [5.41, 5.74) is 3.49. The zero-order chi connectivity index (χ0) is 16.6. The lowest BCUT2D eigenvalue weighted by atomic mass is 9.88. The van der Waals surface area contributed by atoms with Crippen molar-refractivity contribution in [1.29, 1.82) is 0 Å². The quantitative estimate of drug-likeness (QED) is 0.865. The van der Waals surface area contributed by atoms with Crippen molar-refractivity contribution in [2.24, 2.45) is 0 Å². The number of carbonyl (C=O) groups is 1. The molecule has 1 heterocycles. The van der Waals surface area contributed by atoms with E-state index in [0.29, 0.717) is 5.92 Å². The van der Waals surface area contributed by atoms with E-state index in [0.717, 1.165) is 38.8 Å². The van der Waals surface area contributed by atoms with E-state index in [2.05, 4.69) is 18.2 Å². The lowest BCUT2D eigenvalue weighted by Crippen LogP contribution is -2.41. The predicted octanol–water partition coefficient (Wildman–Crippen LogP) is 3.26. The molecule has 2 aliphatic rings. The minimum Gasteiger partial charge on any atom is -0.444 e. The summed E-state index contributed by atoms with van der Waals surface area (Å²) < 4.78 is 5.45. The van der Waals surface area contributed by atoms with Gasteiger partial charge in [-0.25, -0.2) is 4.79 Å². The summed E-state index contributed by atoms with van der Waals surface area (Å²) in [6.07, 6.45) is 3.09. The summed E-state index contributed by atoms with van der Waals surface area (Å²) in [6, 6.07) is 6.63. The number of rotatable bonds is 1. The number of hydrogen-bond donors (Lipinski definition) is 1. The van der Waals surface area contributed by atoms with E-state index >= 15 is 0 Å². The van der Waals surface area contributed by atoms with Gasteiger partial charge >= 0.3 is 6.09 Å². The number of piperidine rings is 1. The number of nitrogens with zero attached hydrogens (tertiary/aromatic N) is 1. The van der Waals surface area contributed by atoms with Crippen molar-refractivity contribution in [2.45, 2.75) is 64.1 Å². The van der Waals surface area contributed by atoms with Crippen LogP contribution in [-0.4, -0.2) is 40.9 Å². The van der Waals surface area contributed by atoms with Crippen molar-refractivity contribution in [3.05, 3.63) is 34.9 Å². The van der Waals surface area contributed by atoms with Crippen LogP contribution in [-0.2, 0) is 17.6 Å². The Balaban J connectivity index is 1.59. The van der Waals surface area contributed by atoms with Gasteiger partial charge in [-0.3, -0.25) is 0 Å². The summed E-state index contributed by atoms with van der Waals surface area (Å²) in [4.78, 5) is 13.9. The Morgan fingerprint density at radius 1 is 1.17 bits per heavy atom. The van der Waals surface area contributed by atoms with E-state index in [9.17, 15) is 9.90 Å². The van der Waals surface area contributed by atoms with Crippen LogP contribution in [0.15, 0.2) is 18.2 Å². The first-order valence-corrected chi connectivity index (χ1v) is 8.59. The van der Waals surface area contributed by atoms with Crippen LogP contribution in [0, 0.1) is 0 Å². The molecule has 0 radical (unpaired) electrons. The average molecular weight is 317 g/mol. The van der Waals surface area contributed by atoms with Gasteiger partial charge in [0.25, 0.3) is 0 Å². The van der Waals surface area contributed by atoms with Crippen molar-refractivity contribution in [3.63, 3.8) is 0 Å². The van der Waals surface area contributed by atoms with E-state index < -0.39 is 5.60 Å². The maximum Gasteiger partial charge on any atom is 0.410 e. The highest BCUT2D eigenvalue weighted by Gasteiger charge is 2.28. The minimum atomic E-state index is -0.436. The summed E-state index contributed by atoms with van der Waals surface area (Å²) in [6.45, 7) is 7.20. The fraction of sp³-hybridized carbons (Fsp3) is 0.632. The van der Waals surface area contributed by atoms with Gasteiger partial charge in [-0.15, -0.1) is 0 Å². The van der Waals surface area contributed by atoms with Gasteiger partial charge in [-0.2, -0.15) is 0 Å². The van der Waals surface area contributed by atoms with Crippen LogP contribution in [0.25, 0.3) is 0 Å². The lowest BCUT2D eigenvalue weighted by molar-refractivity contribution is 0.0205. The van der Waals surface area contributed by atoms with Gasteiger partial charge in [0, 0.05) is 13.1 Å². The molecule has 126 valence electrons. The Morgan fingerprint density at radius 3 is 2.48 bits per heavy atom. The largest absolute Gasteiger partial charge is 0.444 e. The number of aliphatic hydroxyl groups is 1. The molecule has 3 rings (SSSR count). The van der Waals surface area contributed by atoms with Crippen LogP contribution in [0.4, 0.5) is 4.79 Å². The van der Waals surface area contributed by atoms with Crippen molar-refractivity contribution in [3.8, 4) is 0 Å². The van der Waals surface area contributed by atoms with E-state index in [1.807, 2.05) is 25.7 Å². The van der Waals surface area contributed by atoms with E-state index in [-0.39, 0.29) is 12.2 Å². The highest BCUT2D eigenvalue weighted by atomic mass is 16.6. The Hall–Kier alpha value is -1.55. The maximum atomic E-state index is 12.1. The second-order valence-corrected chi connectivity index (χ2v) is 7.83. The zero-order valence-corrected chi connectivity index (χ0v) is 14.3. The summed E-state index contributed by atoms with van der Waals surface area (Å²) in [5.74, 6) is 0.497. The molecule has 1 unspecified atom stereocenters. The van der Waals surface area contributed by atoms with Crippen molar-refractivity contribution >= 4 is 6.09 Å². The third kappa shape index (κ3) is 3.86. The molecule has 1 aromatic carbocycles. The molecule has 0 saturated carbocycles. The van der Waals surface area contributed by atoms with Crippen molar-refractivity contribution < 1.29 is 14.6 Å². The zero-order valence-electron chi connectivity index (χ0n) is 14.3. The Morgan fingerprint density at radius 2 is 1.83 bits per heavy atom. The van der Waals surface area contributed by atoms with Gasteiger partial charge in [0.2, 0.25) is 0 Å². The molecular formula is C19H27NO3. The first kappa shape index (κ1) is 16.3.